The maximum atomic E-state index is 5.38. The molecule has 0 aliphatic rings. The fourth-order valence-electron chi connectivity index (χ4n) is 2.14. The van der Waals surface area contributed by atoms with Gasteiger partial charge in [-0.05, 0) is 30.3 Å². The topological polar surface area (TPSA) is 58.5 Å². The minimum atomic E-state index is 0.282. The molecular weight excluding hydrogens is 390 g/mol. The van der Waals surface area contributed by atoms with E-state index in [0.29, 0.717) is 23.0 Å². The number of hydrogen-bond donors (Lipinski definition) is 0. The summed E-state index contributed by atoms with van der Waals surface area (Å²) in [5.74, 6) is 2.57. The first-order chi connectivity index (χ1) is 12.1. The third-order valence-electron chi connectivity index (χ3n) is 3.46. The van der Waals surface area contributed by atoms with Crippen LogP contribution in [-0.4, -0.2) is 34.7 Å². The average molecular weight is 410 g/mol. The summed E-state index contributed by atoms with van der Waals surface area (Å²) in [7, 11) is 6.36. The maximum Gasteiger partial charge on any atom is 0.161 e. The summed E-state index contributed by atoms with van der Waals surface area (Å²) in [5, 5.41) is 3.99. The first kappa shape index (κ1) is 18.9. The Bertz CT molecular complexity index is 748. The van der Waals surface area contributed by atoms with E-state index in [1.54, 1.807) is 34.7 Å². The van der Waals surface area contributed by atoms with Gasteiger partial charge in [0.15, 0.2) is 23.0 Å². The van der Waals surface area contributed by atoms with Crippen molar-refractivity contribution < 1.29 is 23.8 Å². The lowest BCUT2D eigenvalue weighted by Gasteiger charge is -2.11. The van der Waals surface area contributed by atoms with Gasteiger partial charge in [-0.15, -0.1) is 0 Å². The number of halogens is 1. The van der Waals surface area contributed by atoms with Gasteiger partial charge in [0.25, 0.3) is 0 Å². The summed E-state index contributed by atoms with van der Waals surface area (Å²) in [6.07, 6.45) is 1.61. The van der Waals surface area contributed by atoms with Crippen LogP contribution in [0.25, 0.3) is 0 Å². The zero-order valence-electron chi connectivity index (χ0n) is 14.5. The predicted molar refractivity (Wildman–Crippen MR) is 99.2 cm³/mol. The lowest BCUT2D eigenvalue weighted by molar-refractivity contribution is 0.131. The van der Waals surface area contributed by atoms with Crippen LogP contribution < -0.4 is 18.9 Å². The van der Waals surface area contributed by atoms with Gasteiger partial charge in [-0.1, -0.05) is 21.1 Å². The van der Waals surface area contributed by atoms with Gasteiger partial charge in [-0.2, -0.15) is 0 Å². The van der Waals surface area contributed by atoms with Gasteiger partial charge < -0.3 is 23.8 Å². The van der Waals surface area contributed by atoms with Crippen molar-refractivity contribution >= 4 is 22.1 Å². The van der Waals surface area contributed by atoms with Crippen molar-refractivity contribution in [3.05, 3.63) is 45.9 Å². The quantitative estimate of drug-likeness (QED) is 0.486. The van der Waals surface area contributed by atoms with Gasteiger partial charge in [0.2, 0.25) is 0 Å². The largest absolute Gasteiger partial charge is 0.493 e. The highest BCUT2D eigenvalue weighted by Crippen LogP contribution is 2.33. The van der Waals surface area contributed by atoms with E-state index >= 15 is 0 Å². The Balaban J connectivity index is 2.04. The standard InChI is InChI=1S/C18H20BrNO5/c1-21-15-6-5-12(7-16(15)22-2)10-20-25-11-13-8-17(23-3)18(24-4)9-14(13)19/h5-10H,11H2,1-4H3/b20-10-. The SMILES string of the molecule is COc1ccc(/C=N\OCc2cc(OC)c(OC)cc2Br)cc1OC. The first-order valence-electron chi connectivity index (χ1n) is 7.40. The van der Waals surface area contributed by atoms with E-state index < -0.39 is 0 Å². The molecule has 0 bridgehead atoms. The molecule has 0 heterocycles. The summed E-state index contributed by atoms with van der Waals surface area (Å²) in [6.45, 7) is 0.282. The van der Waals surface area contributed by atoms with Crippen LogP contribution in [0.15, 0.2) is 40.0 Å². The average Bonchev–Trinajstić information content (AvgIpc) is 2.65. The molecule has 7 heteroatoms. The lowest BCUT2D eigenvalue weighted by Crippen LogP contribution is -1.96. The maximum absolute atomic E-state index is 5.38. The molecule has 2 rings (SSSR count). The van der Waals surface area contributed by atoms with Gasteiger partial charge >= 0.3 is 0 Å². The molecule has 0 unspecified atom stereocenters. The van der Waals surface area contributed by atoms with Crippen LogP contribution in [0.2, 0.25) is 0 Å². The molecule has 0 aliphatic heterocycles. The third-order valence-corrected chi connectivity index (χ3v) is 4.19. The van der Waals surface area contributed by atoms with E-state index in [4.69, 9.17) is 23.8 Å². The Morgan fingerprint density at radius 1 is 0.840 bits per heavy atom. The highest BCUT2D eigenvalue weighted by molar-refractivity contribution is 9.10. The van der Waals surface area contributed by atoms with E-state index in [2.05, 4.69) is 21.1 Å². The van der Waals surface area contributed by atoms with Crippen molar-refractivity contribution in [2.45, 2.75) is 6.61 Å². The van der Waals surface area contributed by atoms with E-state index in [-0.39, 0.29) is 6.61 Å². The zero-order chi connectivity index (χ0) is 18.2. The lowest BCUT2D eigenvalue weighted by atomic mass is 10.2. The Morgan fingerprint density at radius 3 is 2.08 bits per heavy atom. The van der Waals surface area contributed by atoms with Gasteiger partial charge in [0.1, 0.15) is 6.61 Å². The number of hydrogen-bond acceptors (Lipinski definition) is 6. The van der Waals surface area contributed by atoms with Crippen molar-refractivity contribution in [2.75, 3.05) is 28.4 Å². The molecule has 0 saturated carbocycles. The van der Waals surface area contributed by atoms with Crippen LogP contribution in [0.1, 0.15) is 11.1 Å². The van der Waals surface area contributed by atoms with Gasteiger partial charge in [0.05, 0.1) is 34.7 Å². The first-order valence-corrected chi connectivity index (χ1v) is 8.20. The molecule has 2 aromatic carbocycles. The monoisotopic (exact) mass is 409 g/mol. The number of oxime groups is 1. The second-order valence-corrected chi connectivity index (χ2v) is 5.78. The van der Waals surface area contributed by atoms with Crippen LogP contribution in [0, 0.1) is 0 Å². The molecule has 0 aromatic heterocycles. The second-order valence-electron chi connectivity index (χ2n) is 4.92. The van der Waals surface area contributed by atoms with Crippen LogP contribution in [0.5, 0.6) is 23.0 Å². The molecule has 0 atom stereocenters. The number of benzene rings is 2. The molecule has 0 fully saturated rings. The van der Waals surface area contributed by atoms with E-state index in [1.165, 1.54) is 0 Å². The summed E-state index contributed by atoms with van der Waals surface area (Å²) in [4.78, 5) is 5.38. The highest BCUT2D eigenvalue weighted by Gasteiger charge is 2.10. The number of methoxy groups -OCH3 is 4. The van der Waals surface area contributed by atoms with Gasteiger partial charge in [-0.3, -0.25) is 0 Å². The van der Waals surface area contributed by atoms with Crippen molar-refractivity contribution in [3.63, 3.8) is 0 Å². The molecule has 0 radical (unpaired) electrons. The molecule has 2 aromatic rings. The molecule has 134 valence electrons. The smallest absolute Gasteiger partial charge is 0.161 e. The highest BCUT2D eigenvalue weighted by atomic mass is 79.9. The Hall–Kier alpha value is -2.41. The van der Waals surface area contributed by atoms with Crippen molar-refractivity contribution in [1.82, 2.24) is 0 Å². The molecule has 0 spiro atoms. The Kier molecular flexibility index (Phi) is 6.94. The molecule has 6 nitrogen and oxygen atoms in total. The normalized spacial score (nSPS) is 10.6. The van der Waals surface area contributed by atoms with Crippen molar-refractivity contribution in [2.24, 2.45) is 5.16 Å². The fraction of sp³-hybridized carbons (Fsp3) is 0.278. The van der Waals surface area contributed by atoms with Crippen LogP contribution >= 0.6 is 15.9 Å². The van der Waals surface area contributed by atoms with E-state index in [9.17, 15) is 0 Å². The zero-order valence-corrected chi connectivity index (χ0v) is 16.1. The van der Waals surface area contributed by atoms with Crippen LogP contribution in [-0.2, 0) is 11.4 Å². The molecule has 0 N–H and O–H groups in total. The van der Waals surface area contributed by atoms with Crippen LogP contribution in [0.4, 0.5) is 0 Å². The van der Waals surface area contributed by atoms with Crippen molar-refractivity contribution in [3.8, 4) is 23.0 Å². The summed E-state index contributed by atoms with van der Waals surface area (Å²) < 4.78 is 21.8. The summed E-state index contributed by atoms with van der Waals surface area (Å²) >= 11 is 3.49. The van der Waals surface area contributed by atoms with Crippen molar-refractivity contribution in [1.29, 1.82) is 0 Å². The minimum Gasteiger partial charge on any atom is -0.493 e. The third kappa shape index (κ3) is 4.79. The number of rotatable bonds is 8. The molecule has 0 amide bonds. The fourth-order valence-corrected chi connectivity index (χ4v) is 2.58. The van der Waals surface area contributed by atoms with Gasteiger partial charge in [-0.25, -0.2) is 0 Å². The van der Waals surface area contributed by atoms with Gasteiger partial charge in [0, 0.05) is 15.6 Å². The molecule has 0 aliphatic carbocycles. The van der Waals surface area contributed by atoms with E-state index in [1.807, 2.05) is 30.3 Å². The Labute approximate surface area is 155 Å². The summed E-state index contributed by atoms with van der Waals surface area (Å²) in [5.41, 5.74) is 1.73. The molecular formula is C18H20BrNO5. The Morgan fingerprint density at radius 2 is 1.44 bits per heavy atom. The minimum absolute atomic E-state index is 0.282. The molecule has 25 heavy (non-hydrogen) atoms. The second kappa shape index (κ2) is 9.17. The number of ether oxygens (including phenoxy) is 4. The summed E-state index contributed by atoms with van der Waals surface area (Å²) in [6, 6.07) is 9.16. The molecule has 0 saturated heterocycles. The van der Waals surface area contributed by atoms with E-state index in [0.717, 1.165) is 15.6 Å². The van der Waals surface area contributed by atoms with Crippen LogP contribution in [0.3, 0.4) is 0 Å². The predicted octanol–water partition coefficient (Wildman–Crippen LogP) is 4.03. The number of nitrogens with zero attached hydrogens (tertiary/aromatic N) is 1.